The monoisotopic (exact) mass is 427 g/mol. The van der Waals surface area contributed by atoms with Crippen molar-refractivity contribution >= 4 is 5.95 Å². The van der Waals surface area contributed by atoms with Gasteiger partial charge in [-0.05, 0) is 24.6 Å². The maximum atomic E-state index is 15.0. The molecule has 1 fully saturated rings. The first-order valence-electron chi connectivity index (χ1n) is 9.65. The first-order valence-corrected chi connectivity index (χ1v) is 9.65. The Bertz CT molecular complexity index is 1040. The molecular weight excluding hydrogens is 401 g/mol. The Hall–Kier alpha value is -3.46. The highest BCUT2D eigenvalue weighted by molar-refractivity contribution is 5.43. The summed E-state index contributed by atoms with van der Waals surface area (Å²) in [4.78, 5) is 12.4. The molecule has 0 bridgehead atoms. The number of ether oxygens (including phenoxy) is 3. The maximum Gasteiger partial charge on any atom is 0.255 e. The van der Waals surface area contributed by atoms with Crippen molar-refractivity contribution in [3.8, 4) is 17.4 Å². The molecule has 2 aromatic heterocycles. The molecule has 0 spiro atoms. The Morgan fingerprint density at radius 2 is 1.97 bits per heavy atom. The fourth-order valence-electron chi connectivity index (χ4n) is 3.46. The van der Waals surface area contributed by atoms with Crippen molar-refractivity contribution in [2.75, 3.05) is 26.6 Å². The zero-order valence-electron chi connectivity index (χ0n) is 17.5. The van der Waals surface area contributed by atoms with Gasteiger partial charge in [0.2, 0.25) is 11.8 Å². The van der Waals surface area contributed by atoms with E-state index in [1.54, 1.807) is 38.6 Å². The highest BCUT2D eigenvalue weighted by Crippen LogP contribution is 2.46. The Labute approximate surface area is 180 Å². The van der Waals surface area contributed by atoms with Gasteiger partial charge in [0, 0.05) is 41.8 Å². The van der Waals surface area contributed by atoms with E-state index in [0.717, 1.165) is 17.7 Å². The number of benzene rings is 1. The average Bonchev–Trinajstić information content (AvgIpc) is 3.55. The lowest BCUT2D eigenvalue weighted by Crippen LogP contribution is -2.10. The van der Waals surface area contributed by atoms with Crippen molar-refractivity contribution in [3.63, 3.8) is 0 Å². The molecule has 2 heterocycles. The molecule has 31 heavy (non-hydrogen) atoms. The summed E-state index contributed by atoms with van der Waals surface area (Å²) in [6.45, 7) is 0.347. The molecule has 1 saturated carbocycles. The number of halogens is 1. The van der Waals surface area contributed by atoms with E-state index in [9.17, 15) is 0 Å². The van der Waals surface area contributed by atoms with E-state index >= 15 is 4.39 Å². The van der Waals surface area contributed by atoms with Gasteiger partial charge in [-0.2, -0.15) is 9.37 Å². The van der Waals surface area contributed by atoms with E-state index in [2.05, 4.69) is 15.0 Å². The largest absolute Gasteiger partial charge is 0.497 e. The Morgan fingerprint density at radius 1 is 1.13 bits per heavy atom. The Balaban J connectivity index is 0.00000272. The van der Waals surface area contributed by atoms with Crippen LogP contribution in [0, 0.1) is 11.7 Å². The lowest BCUT2D eigenvalue weighted by Gasteiger charge is -2.12. The van der Waals surface area contributed by atoms with E-state index in [0.29, 0.717) is 24.0 Å². The third-order valence-electron chi connectivity index (χ3n) is 5.18. The summed E-state index contributed by atoms with van der Waals surface area (Å²) in [5, 5.41) is 0. The van der Waals surface area contributed by atoms with Crippen LogP contribution in [0.3, 0.4) is 0 Å². The zero-order chi connectivity index (χ0) is 21.1. The summed E-state index contributed by atoms with van der Waals surface area (Å²) in [5.74, 6) is 1.05. The molecule has 164 valence electrons. The molecule has 5 N–H and O–H groups in total. The first kappa shape index (κ1) is 22.2. The average molecular weight is 427 g/mol. The molecule has 1 aromatic carbocycles. The maximum absolute atomic E-state index is 15.0. The van der Waals surface area contributed by atoms with Crippen LogP contribution >= 0.6 is 0 Å². The fourth-order valence-corrected chi connectivity index (χ4v) is 3.46. The summed E-state index contributed by atoms with van der Waals surface area (Å²) >= 11 is 0. The topological polar surface area (TPSA) is 127 Å². The van der Waals surface area contributed by atoms with Crippen molar-refractivity contribution in [1.29, 1.82) is 0 Å². The van der Waals surface area contributed by atoms with E-state index in [1.807, 2.05) is 18.2 Å². The highest BCUT2D eigenvalue weighted by Gasteiger charge is 2.40. The summed E-state index contributed by atoms with van der Waals surface area (Å²) < 4.78 is 31.3. The van der Waals surface area contributed by atoms with Crippen LogP contribution in [-0.4, -0.2) is 35.8 Å². The van der Waals surface area contributed by atoms with Gasteiger partial charge in [-0.1, -0.05) is 12.1 Å². The minimum absolute atomic E-state index is 0. The quantitative estimate of drug-likeness (QED) is 0.559. The van der Waals surface area contributed by atoms with Gasteiger partial charge in [0.05, 0.1) is 26.5 Å². The van der Waals surface area contributed by atoms with Crippen molar-refractivity contribution in [1.82, 2.24) is 21.1 Å². The number of methoxy groups -OCH3 is 2. The van der Waals surface area contributed by atoms with E-state index in [4.69, 9.17) is 19.9 Å². The molecule has 8 nitrogen and oxygen atoms in total. The van der Waals surface area contributed by atoms with Gasteiger partial charge in [-0.25, -0.2) is 4.98 Å². The predicted molar refractivity (Wildman–Crippen MR) is 114 cm³/mol. The van der Waals surface area contributed by atoms with Gasteiger partial charge < -0.3 is 26.1 Å². The van der Waals surface area contributed by atoms with Crippen LogP contribution in [0.4, 0.5) is 10.3 Å². The van der Waals surface area contributed by atoms with Crippen LogP contribution in [0.15, 0.2) is 42.6 Å². The molecule has 9 heteroatoms. The molecule has 4 rings (SSSR count). The third-order valence-corrected chi connectivity index (χ3v) is 5.18. The molecule has 2 atom stereocenters. The van der Waals surface area contributed by atoms with Gasteiger partial charge in [0.1, 0.15) is 11.5 Å². The molecule has 0 radical (unpaired) electrons. The second-order valence-electron chi connectivity index (χ2n) is 7.17. The standard InChI is InChI=1S/C22H23FN4O3.H3N/c1-28-15-7-6-13(19(11-15)29-2)10-18-20(23)21(27-22(24)26-18)30-12-14-9-16(14)17-5-3-4-8-25-17;/h3-8,11,14,16H,9-10,12H2,1-2H3,(H2,24,26,27);1H3/t14-,16+;/m1./s1. The lowest BCUT2D eigenvalue weighted by molar-refractivity contribution is 0.269. The summed E-state index contributed by atoms with van der Waals surface area (Å²) in [7, 11) is 3.12. The minimum Gasteiger partial charge on any atom is -0.497 e. The number of nitrogens with two attached hydrogens (primary N) is 1. The molecule has 0 saturated heterocycles. The minimum atomic E-state index is -0.614. The number of hydrogen-bond donors (Lipinski definition) is 2. The van der Waals surface area contributed by atoms with Crippen molar-refractivity contribution in [2.24, 2.45) is 5.92 Å². The van der Waals surface area contributed by atoms with E-state index in [1.165, 1.54) is 0 Å². The lowest BCUT2D eigenvalue weighted by atomic mass is 10.1. The van der Waals surface area contributed by atoms with Crippen LogP contribution in [-0.2, 0) is 6.42 Å². The second-order valence-corrected chi connectivity index (χ2v) is 7.17. The summed E-state index contributed by atoms with van der Waals surface area (Å²) in [6, 6.07) is 11.2. The Kier molecular flexibility index (Phi) is 6.86. The van der Waals surface area contributed by atoms with E-state index in [-0.39, 0.29) is 36.0 Å². The SMILES string of the molecule is COc1ccc(Cc2nc(N)nc(OC[C@H]3C[C@@H]3c3ccccn3)c2F)c(OC)c1.N. The van der Waals surface area contributed by atoms with Crippen LogP contribution < -0.4 is 26.1 Å². The third kappa shape index (κ3) is 5.00. The molecule has 0 aliphatic heterocycles. The summed E-state index contributed by atoms with van der Waals surface area (Å²) in [6.07, 6.45) is 2.91. The molecule has 0 amide bonds. The predicted octanol–water partition coefficient (Wildman–Crippen LogP) is 3.55. The number of nitrogens with zero attached hydrogens (tertiary/aromatic N) is 3. The van der Waals surface area contributed by atoms with Gasteiger partial charge in [-0.3, -0.25) is 4.98 Å². The molecule has 3 aromatic rings. The Morgan fingerprint density at radius 3 is 2.68 bits per heavy atom. The van der Waals surface area contributed by atoms with Crippen molar-refractivity contribution in [2.45, 2.75) is 18.8 Å². The number of aromatic nitrogens is 3. The van der Waals surface area contributed by atoms with Crippen LogP contribution in [0.25, 0.3) is 0 Å². The number of nitrogen functional groups attached to an aromatic ring is 1. The molecule has 0 unspecified atom stereocenters. The molecule has 1 aliphatic carbocycles. The van der Waals surface area contributed by atoms with Gasteiger partial charge in [0.15, 0.2) is 0 Å². The number of hydrogen-bond acceptors (Lipinski definition) is 8. The number of rotatable bonds is 8. The summed E-state index contributed by atoms with van der Waals surface area (Å²) in [5.41, 5.74) is 7.74. The normalized spacial score (nSPS) is 16.9. The number of pyridine rings is 1. The fraction of sp³-hybridized carbons (Fsp3) is 0.318. The molecular formula is C22H26FN5O3. The van der Waals surface area contributed by atoms with Crippen LogP contribution in [0.1, 0.15) is 29.3 Å². The second kappa shape index (κ2) is 9.57. The van der Waals surface area contributed by atoms with Crippen LogP contribution in [0.2, 0.25) is 0 Å². The highest BCUT2D eigenvalue weighted by atomic mass is 19.1. The van der Waals surface area contributed by atoms with Gasteiger partial charge in [0.25, 0.3) is 5.88 Å². The zero-order valence-corrected chi connectivity index (χ0v) is 17.5. The first-order chi connectivity index (χ1) is 14.6. The smallest absolute Gasteiger partial charge is 0.255 e. The van der Waals surface area contributed by atoms with Gasteiger partial charge >= 0.3 is 0 Å². The molecule has 1 aliphatic rings. The number of anilines is 1. The van der Waals surface area contributed by atoms with Crippen LogP contribution in [0.5, 0.6) is 17.4 Å². The van der Waals surface area contributed by atoms with Gasteiger partial charge in [-0.15, -0.1) is 0 Å². The van der Waals surface area contributed by atoms with Crippen molar-refractivity contribution in [3.05, 3.63) is 65.4 Å². The van der Waals surface area contributed by atoms with E-state index < -0.39 is 5.82 Å². The van der Waals surface area contributed by atoms with Crippen molar-refractivity contribution < 1.29 is 18.6 Å².